The van der Waals surface area contributed by atoms with Gasteiger partial charge >= 0.3 is 11.7 Å². The molecule has 0 saturated heterocycles. The number of hydrogen-bond donors (Lipinski definition) is 1. The highest BCUT2D eigenvalue weighted by atomic mass is 16.6. The van der Waals surface area contributed by atoms with Crippen LogP contribution in [0.2, 0.25) is 0 Å². The van der Waals surface area contributed by atoms with Crippen LogP contribution in [0.3, 0.4) is 0 Å². The summed E-state index contributed by atoms with van der Waals surface area (Å²) in [5, 5.41) is 25.0. The molecule has 0 aliphatic heterocycles. The summed E-state index contributed by atoms with van der Waals surface area (Å²) in [4.78, 5) is 21.7. The molecule has 0 spiro atoms. The number of nitrogens with zero attached hydrogens (tertiary/aromatic N) is 3. The number of ether oxygens (including phenoxy) is 1. The molecule has 0 unspecified atom stereocenters. The number of nitro groups is 1. The van der Waals surface area contributed by atoms with Gasteiger partial charge in [0, 0.05) is 0 Å². The molecule has 2 rings (SSSR count). The summed E-state index contributed by atoms with van der Waals surface area (Å²) in [6.07, 6.45) is 4.47. The van der Waals surface area contributed by atoms with Gasteiger partial charge in [0.05, 0.1) is 29.6 Å². The third-order valence-corrected chi connectivity index (χ3v) is 3.82. The molecule has 1 N–H and O–H groups in total. The molecule has 8 nitrogen and oxygen atoms in total. The lowest BCUT2D eigenvalue weighted by molar-refractivity contribution is -0.385. The average Bonchev–Trinajstić information content (AvgIpc) is 2.88. The van der Waals surface area contributed by atoms with E-state index < -0.39 is 10.5 Å². The van der Waals surface area contributed by atoms with Crippen molar-refractivity contribution in [1.29, 1.82) is 0 Å². The van der Waals surface area contributed by atoms with Crippen molar-refractivity contribution in [3.05, 3.63) is 22.5 Å². The number of aromatic nitrogens is 2. The van der Waals surface area contributed by atoms with Crippen molar-refractivity contribution < 1.29 is 19.6 Å². The van der Waals surface area contributed by atoms with Crippen molar-refractivity contribution >= 4 is 11.7 Å². The first-order valence-electron chi connectivity index (χ1n) is 6.99. The summed E-state index contributed by atoms with van der Waals surface area (Å²) in [5.41, 5.74) is -1.08. The van der Waals surface area contributed by atoms with Crippen LogP contribution in [0.15, 0.2) is 12.4 Å². The highest BCUT2D eigenvalue weighted by molar-refractivity contribution is 5.72. The summed E-state index contributed by atoms with van der Waals surface area (Å²) in [6, 6.07) is 0. The van der Waals surface area contributed by atoms with Gasteiger partial charge in [0.15, 0.2) is 0 Å². The van der Waals surface area contributed by atoms with Gasteiger partial charge in [-0.05, 0) is 32.6 Å². The lowest BCUT2D eigenvalue weighted by atomic mass is 9.79. The van der Waals surface area contributed by atoms with E-state index in [0.717, 1.165) is 6.20 Å². The molecule has 1 aromatic heterocycles. The minimum atomic E-state index is -0.983. The third kappa shape index (κ3) is 3.78. The fraction of sp³-hybridized carbons (Fsp3) is 0.692. The molecule has 116 valence electrons. The maximum absolute atomic E-state index is 11.6. The number of esters is 1. The van der Waals surface area contributed by atoms with Gasteiger partial charge in [-0.1, -0.05) is 0 Å². The number of aliphatic hydroxyl groups is 1. The summed E-state index contributed by atoms with van der Waals surface area (Å²) >= 11 is 0. The number of carbonyl (C=O) groups excluding carboxylic acids is 1. The SMILES string of the molecule is CCOC(=O)C1CCC(O)(Cn2cc([N+](=O)[O-])cn2)CC1. The smallest absolute Gasteiger partial charge is 0.308 e. The quantitative estimate of drug-likeness (QED) is 0.498. The summed E-state index contributed by atoms with van der Waals surface area (Å²) in [5.74, 6) is -0.383. The molecular formula is C13H19N3O5. The normalized spacial score (nSPS) is 25.5. The molecule has 0 atom stereocenters. The van der Waals surface area contributed by atoms with E-state index in [1.54, 1.807) is 6.92 Å². The molecular weight excluding hydrogens is 278 g/mol. The molecule has 0 radical (unpaired) electrons. The highest BCUT2D eigenvalue weighted by Crippen LogP contribution is 2.34. The van der Waals surface area contributed by atoms with Gasteiger partial charge in [0.25, 0.3) is 0 Å². The molecule has 21 heavy (non-hydrogen) atoms. The molecule has 0 amide bonds. The van der Waals surface area contributed by atoms with E-state index in [4.69, 9.17) is 4.74 Å². The van der Waals surface area contributed by atoms with Crippen molar-refractivity contribution in [2.24, 2.45) is 5.92 Å². The van der Waals surface area contributed by atoms with E-state index in [0.29, 0.717) is 32.3 Å². The number of rotatable bonds is 5. The van der Waals surface area contributed by atoms with Crippen molar-refractivity contribution in [2.75, 3.05) is 6.61 Å². The highest BCUT2D eigenvalue weighted by Gasteiger charge is 2.37. The van der Waals surface area contributed by atoms with Crippen molar-refractivity contribution in [2.45, 2.75) is 44.8 Å². The van der Waals surface area contributed by atoms with Crippen molar-refractivity contribution in [3.63, 3.8) is 0 Å². The standard InChI is InChI=1S/C13H19N3O5/c1-2-21-12(17)10-3-5-13(18,6-4-10)9-15-8-11(7-14-15)16(19)20/h7-8,10,18H,2-6,9H2,1H3. The molecule has 1 aromatic rings. The zero-order valence-corrected chi connectivity index (χ0v) is 11.9. The molecule has 1 heterocycles. The van der Waals surface area contributed by atoms with Gasteiger partial charge in [-0.3, -0.25) is 19.6 Å². The van der Waals surface area contributed by atoms with Crippen LogP contribution in [-0.2, 0) is 16.1 Å². The largest absolute Gasteiger partial charge is 0.466 e. The molecule has 1 saturated carbocycles. The molecule has 1 aliphatic carbocycles. The minimum absolute atomic E-state index is 0.0983. The first kappa shape index (κ1) is 15.4. The zero-order valence-electron chi connectivity index (χ0n) is 11.9. The Bertz CT molecular complexity index is 520. The summed E-state index contributed by atoms with van der Waals surface area (Å²) in [6.45, 7) is 2.31. The Morgan fingerprint density at radius 3 is 2.81 bits per heavy atom. The van der Waals surface area contributed by atoms with Gasteiger partial charge in [0.1, 0.15) is 12.4 Å². The Balaban J connectivity index is 1.92. The molecule has 8 heteroatoms. The topological polar surface area (TPSA) is 107 Å². The van der Waals surface area contributed by atoms with Crippen LogP contribution >= 0.6 is 0 Å². The van der Waals surface area contributed by atoms with Crippen LogP contribution < -0.4 is 0 Å². The Morgan fingerprint density at radius 1 is 1.62 bits per heavy atom. The van der Waals surface area contributed by atoms with Crippen molar-refractivity contribution in [3.8, 4) is 0 Å². The van der Waals surface area contributed by atoms with Crippen LogP contribution in [0, 0.1) is 16.0 Å². The van der Waals surface area contributed by atoms with E-state index in [1.807, 2.05) is 0 Å². The van der Waals surface area contributed by atoms with E-state index >= 15 is 0 Å². The first-order chi connectivity index (χ1) is 9.93. The Kier molecular flexibility index (Phi) is 4.56. The average molecular weight is 297 g/mol. The Hall–Kier alpha value is -1.96. The maximum atomic E-state index is 11.6. The van der Waals surface area contributed by atoms with Gasteiger partial charge in [-0.25, -0.2) is 0 Å². The van der Waals surface area contributed by atoms with Crippen molar-refractivity contribution in [1.82, 2.24) is 9.78 Å². The van der Waals surface area contributed by atoms with E-state index in [1.165, 1.54) is 10.9 Å². The number of hydrogen-bond acceptors (Lipinski definition) is 6. The predicted octanol–water partition coefficient (Wildman–Crippen LogP) is 1.28. The number of carbonyl (C=O) groups is 1. The van der Waals surface area contributed by atoms with Gasteiger partial charge < -0.3 is 9.84 Å². The van der Waals surface area contributed by atoms with Crippen LogP contribution in [-0.4, -0.2) is 38.0 Å². The van der Waals surface area contributed by atoms with Gasteiger partial charge in [-0.15, -0.1) is 0 Å². The third-order valence-electron chi connectivity index (χ3n) is 3.82. The minimum Gasteiger partial charge on any atom is -0.466 e. The first-order valence-corrected chi connectivity index (χ1v) is 6.99. The predicted molar refractivity (Wildman–Crippen MR) is 72.4 cm³/mol. The maximum Gasteiger partial charge on any atom is 0.308 e. The van der Waals surface area contributed by atoms with Crippen LogP contribution in [0.1, 0.15) is 32.6 Å². The Labute approximate surface area is 121 Å². The van der Waals surface area contributed by atoms with E-state index in [9.17, 15) is 20.0 Å². The van der Waals surface area contributed by atoms with Crippen LogP contribution in [0.25, 0.3) is 0 Å². The fourth-order valence-electron chi connectivity index (χ4n) is 2.64. The van der Waals surface area contributed by atoms with Crippen LogP contribution in [0.4, 0.5) is 5.69 Å². The molecule has 0 aromatic carbocycles. The molecule has 1 fully saturated rings. The molecule has 0 bridgehead atoms. The monoisotopic (exact) mass is 297 g/mol. The van der Waals surface area contributed by atoms with Crippen LogP contribution in [0.5, 0.6) is 0 Å². The molecule has 1 aliphatic rings. The second-order valence-corrected chi connectivity index (χ2v) is 5.40. The zero-order chi connectivity index (χ0) is 15.5. The van der Waals surface area contributed by atoms with Gasteiger partial charge in [-0.2, -0.15) is 5.10 Å². The second-order valence-electron chi connectivity index (χ2n) is 5.40. The fourth-order valence-corrected chi connectivity index (χ4v) is 2.64. The lowest BCUT2D eigenvalue weighted by Crippen LogP contribution is -2.40. The van der Waals surface area contributed by atoms with E-state index in [-0.39, 0.29) is 24.1 Å². The summed E-state index contributed by atoms with van der Waals surface area (Å²) in [7, 11) is 0. The van der Waals surface area contributed by atoms with E-state index in [2.05, 4.69) is 5.10 Å². The lowest BCUT2D eigenvalue weighted by Gasteiger charge is -2.34. The summed E-state index contributed by atoms with van der Waals surface area (Å²) < 4.78 is 6.36. The second kappa shape index (κ2) is 6.21. The van der Waals surface area contributed by atoms with Gasteiger partial charge in [0.2, 0.25) is 0 Å². The Morgan fingerprint density at radius 2 is 2.29 bits per heavy atom.